The standard InChI is InChI=1S/C18H35N5O.HI/c1-17(2)13-23(18(17,3)4)16(20-5)21-9-7-11-22-10-6-8-14(12-22)15(19)24;/h14H,6-13H2,1-5H3,(H2,19,24)(H,20,21);1H. The molecule has 2 heterocycles. The summed E-state index contributed by atoms with van der Waals surface area (Å²) in [5, 5.41) is 3.50. The fourth-order valence-corrected chi connectivity index (χ4v) is 3.69. The Morgan fingerprint density at radius 3 is 2.52 bits per heavy atom. The summed E-state index contributed by atoms with van der Waals surface area (Å²) in [4.78, 5) is 20.5. The molecule has 0 saturated carbocycles. The van der Waals surface area contributed by atoms with Crippen LogP contribution in [0.15, 0.2) is 4.99 Å². The molecule has 3 N–H and O–H groups in total. The number of hydrogen-bond donors (Lipinski definition) is 2. The summed E-state index contributed by atoms with van der Waals surface area (Å²) >= 11 is 0. The van der Waals surface area contributed by atoms with Crippen LogP contribution in [-0.4, -0.2) is 67.0 Å². The van der Waals surface area contributed by atoms with E-state index in [2.05, 4.69) is 47.8 Å². The van der Waals surface area contributed by atoms with E-state index in [9.17, 15) is 4.79 Å². The number of carbonyl (C=O) groups is 1. The third-order valence-electron chi connectivity index (χ3n) is 6.19. The van der Waals surface area contributed by atoms with Gasteiger partial charge in [-0.3, -0.25) is 9.79 Å². The summed E-state index contributed by atoms with van der Waals surface area (Å²) < 4.78 is 0. The van der Waals surface area contributed by atoms with Gasteiger partial charge in [-0.05, 0) is 46.2 Å². The van der Waals surface area contributed by atoms with E-state index in [1.165, 1.54) is 0 Å². The van der Waals surface area contributed by atoms with Gasteiger partial charge >= 0.3 is 0 Å². The van der Waals surface area contributed by atoms with Gasteiger partial charge in [0.2, 0.25) is 5.91 Å². The van der Waals surface area contributed by atoms with Crippen molar-refractivity contribution in [2.24, 2.45) is 22.1 Å². The lowest BCUT2D eigenvalue weighted by Crippen LogP contribution is -2.72. The summed E-state index contributed by atoms with van der Waals surface area (Å²) in [5.74, 6) is 0.873. The van der Waals surface area contributed by atoms with Crippen molar-refractivity contribution in [3.05, 3.63) is 0 Å². The van der Waals surface area contributed by atoms with Crippen molar-refractivity contribution in [3.63, 3.8) is 0 Å². The van der Waals surface area contributed by atoms with Gasteiger partial charge in [0.05, 0.1) is 5.92 Å². The Morgan fingerprint density at radius 2 is 2.00 bits per heavy atom. The number of primary amides is 1. The summed E-state index contributed by atoms with van der Waals surface area (Å²) in [6.45, 7) is 14.0. The number of piperidine rings is 1. The van der Waals surface area contributed by atoms with Crippen molar-refractivity contribution in [2.45, 2.75) is 52.5 Å². The van der Waals surface area contributed by atoms with Crippen LogP contribution in [0.25, 0.3) is 0 Å². The third-order valence-corrected chi connectivity index (χ3v) is 6.19. The van der Waals surface area contributed by atoms with Crippen LogP contribution in [0.3, 0.4) is 0 Å². The molecule has 0 bridgehead atoms. The van der Waals surface area contributed by atoms with Crippen LogP contribution in [0, 0.1) is 11.3 Å². The molecule has 1 amide bonds. The molecule has 1 atom stereocenters. The molecule has 2 saturated heterocycles. The molecule has 146 valence electrons. The van der Waals surface area contributed by atoms with Gasteiger partial charge in [-0.25, -0.2) is 0 Å². The van der Waals surface area contributed by atoms with Crippen molar-refractivity contribution in [2.75, 3.05) is 39.8 Å². The van der Waals surface area contributed by atoms with Gasteiger partial charge in [-0.1, -0.05) is 13.8 Å². The van der Waals surface area contributed by atoms with E-state index in [1.54, 1.807) is 0 Å². The van der Waals surface area contributed by atoms with Gasteiger partial charge in [0, 0.05) is 37.6 Å². The number of halogens is 1. The number of guanidine groups is 1. The monoisotopic (exact) mass is 465 g/mol. The summed E-state index contributed by atoms with van der Waals surface area (Å²) in [5.41, 5.74) is 5.87. The third kappa shape index (κ3) is 4.99. The molecule has 0 spiro atoms. The number of carbonyl (C=O) groups excluding carboxylic acids is 1. The minimum atomic E-state index is -0.152. The van der Waals surface area contributed by atoms with Gasteiger partial charge in [0.1, 0.15) is 0 Å². The van der Waals surface area contributed by atoms with Gasteiger partial charge in [0.15, 0.2) is 5.96 Å². The summed E-state index contributed by atoms with van der Waals surface area (Å²) in [6, 6.07) is 0. The van der Waals surface area contributed by atoms with Crippen molar-refractivity contribution >= 4 is 35.8 Å². The number of nitrogens with zero attached hydrogens (tertiary/aromatic N) is 3. The molecule has 0 aromatic rings. The van der Waals surface area contributed by atoms with E-state index in [1.807, 2.05) is 7.05 Å². The lowest BCUT2D eigenvalue weighted by atomic mass is 9.65. The van der Waals surface area contributed by atoms with E-state index < -0.39 is 0 Å². The molecule has 25 heavy (non-hydrogen) atoms. The Hall–Kier alpha value is -0.570. The first-order chi connectivity index (χ1) is 11.2. The first-order valence-electron chi connectivity index (χ1n) is 9.19. The molecule has 7 heteroatoms. The minimum Gasteiger partial charge on any atom is -0.369 e. The van der Waals surface area contributed by atoms with E-state index in [4.69, 9.17) is 5.73 Å². The van der Waals surface area contributed by atoms with Crippen LogP contribution < -0.4 is 11.1 Å². The highest BCUT2D eigenvalue weighted by Crippen LogP contribution is 2.46. The number of nitrogens with one attached hydrogen (secondary N) is 1. The van der Waals surface area contributed by atoms with Crippen LogP contribution in [0.1, 0.15) is 47.0 Å². The zero-order chi connectivity index (χ0) is 18.0. The number of aliphatic imine (C=N–C) groups is 1. The van der Waals surface area contributed by atoms with E-state index in [0.717, 1.165) is 57.9 Å². The Labute approximate surface area is 170 Å². The van der Waals surface area contributed by atoms with Crippen LogP contribution >= 0.6 is 24.0 Å². The fraction of sp³-hybridized carbons (Fsp3) is 0.889. The Balaban J connectivity index is 0.00000312. The van der Waals surface area contributed by atoms with E-state index >= 15 is 0 Å². The molecule has 2 aliphatic heterocycles. The van der Waals surface area contributed by atoms with Crippen molar-refractivity contribution in [1.82, 2.24) is 15.1 Å². The van der Waals surface area contributed by atoms with Gasteiger partial charge in [-0.2, -0.15) is 0 Å². The predicted molar refractivity (Wildman–Crippen MR) is 114 cm³/mol. The second-order valence-electron chi connectivity index (χ2n) is 8.40. The number of amides is 1. The molecule has 0 aromatic carbocycles. The first-order valence-corrected chi connectivity index (χ1v) is 9.19. The molecular formula is C18H36IN5O. The molecule has 0 aromatic heterocycles. The lowest BCUT2D eigenvalue weighted by molar-refractivity contribution is -0.123. The van der Waals surface area contributed by atoms with Crippen LogP contribution in [0.2, 0.25) is 0 Å². The molecule has 2 rings (SSSR count). The quantitative estimate of drug-likeness (QED) is 0.282. The molecule has 0 radical (unpaired) electrons. The van der Waals surface area contributed by atoms with Crippen LogP contribution in [-0.2, 0) is 4.79 Å². The van der Waals surface area contributed by atoms with Crippen LogP contribution in [0.4, 0.5) is 0 Å². The second-order valence-corrected chi connectivity index (χ2v) is 8.40. The predicted octanol–water partition coefficient (Wildman–Crippen LogP) is 1.89. The average Bonchev–Trinajstić information content (AvgIpc) is 2.53. The largest absolute Gasteiger partial charge is 0.369 e. The normalized spacial score (nSPS) is 25.7. The average molecular weight is 465 g/mol. The number of rotatable bonds is 5. The maximum absolute atomic E-state index is 11.3. The summed E-state index contributed by atoms with van der Waals surface area (Å²) in [7, 11) is 1.85. The molecule has 1 unspecified atom stereocenters. The second kappa shape index (κ2) is 8.88. The highest BCUT2D eigenvalue weighted by Gasteiger charge is 2.53. The molecular weight excluding hydrogens is 429 g/mol. The topological polar surface area (TPSA) is 74.0 Å². The van der Waals surface area contributed by atoms with E-state index in [-0.39, 0.29) is 41.3 Å². The van der Waals surface area contributed by atoms with Crippen molar-refractivity contribution in [3.8, 4) is 0 Å². The van der Waals surface area contributed by atoms with Crippen molar-refractivity contribution in [1.29, 1.82) is 0 Å². The molecule has 2 fully saturated rings. The number of hydrogen-bond acceptors (Lipinski definition) is 3. The first kappa shape index (κ1) is 22.5. The molecule has 0 aliphatic carbocycles. The Bertz CT molecular complexity index is 492. The number of nitrogens with two attached hydrogens (primary N) is 1. The fourth-order valence-electron chi connectivity index (χ4n) is 3.69. The smallest absolute Gasteiger partial charge is 0.221 e. The van der Waals surface area contributed by atoms with Gasteiger partial charge in [-0.15, -0.1) is 24.0 Å². The number of likely N-dealkylation sites (tertiary alicyclic amines) is 2. The van der Waals surface area contributed by atoms with Crippen molar-refractivity contribution < 1.29 is 4.79 Å². The molecule has 2 aliphatic rings. The SMILES string of the molecule is CN=C(NCCCN1CCCC(C(N)=O)C1)N1CC(C)(C)C1(C)C.I. The molecule has 6 nitrogen and oxygen atoms in total. The Morgan fingerprint density at radius 1 is 1.32 bits per heavy atom. The zero-order valence-corrected chi connectivity index (χ0v) is 18.8. The van der Waals surface area contributed by atoms with Crippen LogP contribution in [0.5, 0.6) is 0 Å². The van der Waals surface area contributed by atoms with Gasteiger partial charge < -0.3 is 20.9 Å². The van der Waals surface area contributed by atoms with E-state index in [0.29, 0.717) is 5.41 Å². The minimum absolute atomic E-state index is 0. The Kier molecular flexibility index (Phi) is 7.98. The maximum atomic E-state index is 11.3. The highest BCUT2D eigenvalue weighted by atomic mass is 127. The lowest BCUT2D eigenvalue weighted by Gasteiger charge is -2.62. The highest BCUT2D eigenvalue weighted by molar-refractivity contribution is 14.0. The zero-order valence-electron chi connectivity index (χ0n) is 16.5. The van der Waals surface area contributed by atoms with Gasteiger partial charge in [0.25, 0.3) is 0 Å². The summed E-state index contributed by atoms with van der Waals surface area (Å²) in [6.07, 6.45) is 3.05. The maximum Gasteiger partial charge on any atom is 0.221 e.